The van der Waals surface area contributed by atoms with Crippen molar-refractivity contribution in [2.24, 2.45) is 17.8 Å². The zero-order chi connectivity index (χ0) is 40.6. The van der Waals surface area contributed by atoms with Gasteiger partial charge in [0.1, 0.15) is 13.2 Å². The van der Waals surface area contributed by atoms with Crippen LogP contribution >= 0.6 is 0 Å². The molecule has 0 spiro atoms. The minimum absolute atomic E-state index is 0.0660. The summed E-state index contributed by atoms with van der Waals surface area (Å²) in [5.74, 6) is 1.55. The molecule has 0 aromatic heterocycles. The van der Waals surface area contributed by atoms with Crippen molar-refractivity contribution in [3.8, 4) is 0 Å². The minimum Gasteiger partial charge on any atom is -0.462 e. The zero-order valence-electron chi connectivity index (χ0n) is 37.7. The molecule has 0 aliphatic heterocycles. The number of unbranched alkanes of at least 4 members (excludes halogenated alkanes) is 25. The fourth-order valence-electron chi connectivity index (χ4n) is 7.23. The lowest BCUT2D eigenvalue weighted by Gasteiger charge is -2.18. The molecule has 0 aromatic carbocycles. The summed E-state index contributed by atoms with van der Waals surface area (Å²) in [5.41, 5.74) is 0. The van der Waals surface area contributed by atoms with Gasteiger partial charge in [0, 0.05) is 19.3 Å². The van der Waals surface area contributed by atoms with Crippen molar-refractivity contribution in [2.45, 2.75) is 266 Å². The van der Waals surface area contributed by atoms with Crippen LogP contribution in [0.1, 0.15) is 260 Å². The number of rotatable bonds is 42. The van der Waals surface area contributed by atoms with Crippen molar-refractivity contribution in [3.63, 3.8) is 0 Å². The monoisotopic (exact) mass is 779 g/mol. The van der Waals surface area contributed by atoms with E-state index in [9.17, 15) is 14.4 Å². The smallest absolute Gasteiger partial charge is 0.306 e. The second-order valence-corrected chi connectivity index (χ2v) is 18.2. The third-order valence-corrected chi connectivity index (χ3v) is 10.9. The van der Waals surface area contributed by atoms with Crippen LogP contribution in [0.3, 0.4) is 0 Å². The van der Waals surface area contributed by atoms with Crippen LogP contribution in [0.4, 0.5) is 0 Å². The van der Waals surface area contributed by atoms with Gasteiger partial charge in [0.2, 0.25) is 0 Å². The van der Waals surface area contributed by atoms with Crippen molar-refractivity contribution in [1.82, 2.24) is 0 Å². The summed E-state index contributed by atoms with van der Waals surface area (Å²) in [5, 5.41) is 0. The fourth-order valence-corrected chi connectivity index (χ4v) is 7.23. The van der Waals surface area contributed by atoms with Crippen LogP contribution in [-0.4, -0.2) is 37.2 Å². The molecule has 0 radical (unpaired) electrons. The molecule has 55 heavy (non-hydrogen) atoms. The van der Waals surface area contributed by atoms with Gasteiger partial charge in [-0.25, -0.2) is 0 Å². The summed E-state index contributed by atoms with van der Waals surface area (Å²) in [7, 11) is 0. The lowest BCUT2D eigenvalue weighted by atomic mass is 10.0. The maximum Gasteiger partial charge on any atom is 0.306 e. The Morgan fingerprint density at radius 3 is 0.782 bits per heavy atom. The van der Waals surface area contributed by atoms with Gasteiger partial charge in [-0.05, 0) is 37.0 Å². The Morgan fingerprint density at radius 2 is 0.527 bits per heavy atom. The molecule has 0 bridgehead atoms. The van der Waals surface area contributed by atoms with Gasteiger partial charge in [-0.15, -0.1) is 0 Å². The Balaban J connectivity index is 4.30. The first-order valence-electron chi connectivity index (χ1n) is 24.1. The molecule has 0 saturated heterocycles. The topological polar surface area (TPSA) is 78.9 Å². The molecule has 326 valence electrons. The van der Waals surface area contributed by atoms with E-state index in [0.717, 1.165) is 75.5 Å². The Hall–Kier alpha value is -1.59. The van der Waals surface area contributed by atoms with Gasteiger partial charge in [0.15, 0.2) is 6.10 Å². The number of ether oxygens (including phenoxy) is 3. The third kappa shape index (κ3) is 43.4. The molecule has 0 aliphatic rings. The fraction of sp³-hybridized carbons (Fsp3) is 0.939. The molecule has 0 aliphatic carbocycles. The van der Waals surface area contributed by atoms with Crippen molar-refractivity contribution in [1.29, 1.82) is 0 Å². The number of hydrogen-bond acceptors (Lipinski definition) is 6. The van der Waals surface area contributed by atoms with Gasteiger partial charge in [-0.2, -0.15) is 0 Å². The summed E-state index contributed by atoms with van der Waals surface area (Å²) in [6, 6.07) is 0. The molecule has 0 amide bonds. The summed E-state index contributed by atoms with van der Waals surface area (Å²) in [4.78, 5) is 37.8. The normalized spacial score (nSPS) is 12.2. The predicted octanol–water partition coefficient (Wildman–Crippen LogP) is 15.2. The maximum atomic E-state index is 12.7. The highest BCUT2D eigenvalue weighted by molar-refractivity contribution is 5.71. The molecule has 6 heteroatoms. The Morgan fingerprint density at radius 1 is 0.309 bits per heavy atom. The standard InChI is InChI=1S/C49H94O6/c1-43(2)35-29-23-17-13-9-7-8-10-15-19-26-32-38-47(50)53-41-46(42-54-48(51)39-33-27-22-21-25-31-37-45(5)6)55-49(52)40-34-28-20-16-12-11-14-18-24-30-36-44(3)4/h43-46H,7-42H2,1-6H3/t46-/m1/s1. The van der Waals surface area contributed by atoms with Crippen LogP contribution in [-0.2, 0) is 28.6 Å². The number of esters is 3. The molecule has 0 aromatic rings. The molecular weight excluding hydrogens is 685 g/mol. The first-order chi connectivity index (χ1) is 26.6. The third-order valence-electron chi connectivity index (χ3n) is 10.9. The van der Waals surface area contributed by atoms with E-state index in [4.69, 9.17) is 14.2 Å². The molecule has 6 nitrogen and oxygen atoms in total. The highest BCUT2D eigenvalue weighted by Gasteiger charge is 2.19. The maximum absolute atomic E-state index is 12.7. The van der Waals surface area contributed by atoms with Gasteiger partial charge in [-0.3, -0.25) is 14.4 Å². The molecule has 0 rings (SSSR count). The SMILES string of the molecule is CC(C)CCCCCCCCCCCCCCC(=O)OC[C@H](COC(=O)CCCCCCCCC(C)C)OC(=O)CCCCCCCCCCCCC(C)C. The molecule has 0 N–H and O–H groups in total. The van der Waals surface area contributed by atoms with Gasteiger partial charge in [-0.1, -0.05) is 221 Å². The van der Waals surface area contributed by atoms with Gasteiger partial charge in [0.25, 0.3) is 0 Å². The van der Waals surface area contributed by atoms with Crippen LogP contribution in [0.25, 0.3) is 0 Å². The van der Waals surface area contributed by atoms with E-state index in [1.807, 2.05) is 0 Å². The lowest BCUT2D eigenvalue weighted by molar-refractivity contribution is -0.167. The van der Waals surface area contributed by atoms with E-state index in [2.05, 4.69) is 41.5 Å². The summed E-state index contributed by atoms with van der Waals surface area (Å²) in [6.45, 7) is 13.6. The molecule has 0 fully saturated rings. The molecule has 0 unspecified atom stereocenters. The van der Waals surface area contributed by atoms with Crippen molar-refractivity contribution in [3.05, 3.63) is 0 Å². The first kappa shape index (κ1) is 53.4. The molecular formula is C49H94O6. The van der Waals surface area contributed by atoms with E-state index >= 15 is 0 Å². The van der Waals surface area contributed by atoms with Gasteiger partial charge in [0.05, 0.1) is 0 Å². The molecule has 0 saturated carbocycles. The van der Waals surface area contributed by atoms with Crippen molar-refractivity contribution < 1.29 is 28.6 Å². The van der Waals surface area contributed by atoms with E-state index in [0.29, 0.717) is 19.3 Å². The van der Waals surface area contributed by atoms with Crippen molar-refractivity contribution >= 4 is 17.9 Å². The van der Waals surface area contributed by atoms with Crippen LogP contribution < -0.4 is 0 Å². The second-order valence-electron chi connectivity index (χ2n) is 18.2. The van der Waals surface area contributed by atoms with Gasteiger partial charge < -0.3 is 14.2 Å². The molecule has 0 heterocycles. The average molecular weight is 779 g/mol. The quantitative estimate of drug-likeness (QED) is 0.0349. The van der Waals surface area contributed by atoms with E-state index in [1.54, 1.807) is 0 Å². The highest BCUT2D eigenvalue weighted by Crippen LogP contribution is 2.17. The van der Waals surface area contributed by atoms with Crippen LogP contribution in [0.15, 0.2) is 0 Å². The van der Waals surface area contributed by atoms with Crippen LogP contribution in [0.5, 0.6) is 0 Å². The Bertz CT molecular complexity index is 852. The van der Waals surface area contributed by atoms with Crippen LogP contribution in [0, 0.1) is 17.8 Å². The van der Waals surface area contributed by atoms with E-state index in [1.165, 1.54) is 141 Å². The Kier molecular flexibility index (Phi) is 39.4. The zero-order valence-corrected chi connectivity index (χ0v) is 37.7. The summed E-state index contributed by atoms with van der Waals surface area (Å²) < 4.78 is 16.7. The Labute approximate surface area is 342 Å². The first-order valence-corrected chi connectivity index (χ1v) is 24.1. The van der Waals surface area contributed by atoms with E-state index in [-0.39, 0.29) is 31.1 Å². The lowest BCUT2D eigenvalue weighted by Crippen LogP contribution is -2.30. The predicted molar refractivity (Wildman–Crippen MR) is 233 cm³/mol. The van der Waals surface area contributed by atoms with Crippen LogP contribution in [0.2, 0.25) is 0 Å². The van der Waals surface area contributed by atoms with E-state index < -0.39 is 6.10 Å². The summed E-state index contributed by atoms with van der Waals surface area (Å²) >= 11 is 0. The van der Waals surface area contributed by atoms with Gasteiger partial charge >= 0.3 is 17.9 Å². The largest absolute Gasteiger partial charge is 0.462 e. The summed E-state index contributed by atoms with van der Waals surface area (Å²) in [6.07, 6.45) is 38.2. The number of carbonyl (C=O) groups is 3. The van der Waals surface area contributed by atoms with Crippen molar-refractivity contribution in [2.75, 3.05) is 13.2 Å². The second kappa shape index (κ2) is 40.6. The molecule has 1 atom stereocenters. The number of carbonyl (C=O) groups excluding carboxylic acids is 3. The average Bonchev–Trinajstić information content (AvgIpc) is 3.13. The minimum atomic E-state index is -0.762. The number of hydrogen-bond donors (Lipinski definition) is 0. The highest BCUT2D eigenvalue weighted by atomic mass is 16.6.